The fraction of sp³-hybridized carbons (Fsp3) is 1.00. The molecule has 1 aliphatic heterocycles. The summed E-state index contributed by atoms with van der Waals surface area (Å²) in [6.45, 7) is 0.981. The second kappa shape index (κ2) is 4.67. The Morgan fingerprint density at radius 1 is 1.40 bits per heavy atom. The molecule has 0 saturated carbocycles. The summed E-state index contributed by atoms with van der Waals surface area (Å²) in [7, 11) is 0. The normalized spacial score (nSPS) is 26.7. The van der Waals surface area contributed by atoms with Crippen LogP contribution in [0.5, 0.6) is 0 Å². The predicted molar refractivity (Wildman–Crippen MR) is 40.9 cm³/mol. The van der Waals surface area contributed by atoms with Crippen molar-refractivity contribution < 1.29 is 4.39 Å². The summed E-state index contributed by atoms with van der Waals surface area (Å²) in [5.41, 5.74) is 0. The van der Waals surface area contributed by atoms with Crippen molar-refractivity contribution >= 4 is 0 Å². The molecule has 0 aromatic carbocycles. The van der Waals surface area contributed by atoms with Gasteiger partial charge in [-0.15, -0.1) is 0 Å². The largest absolute Gasteiger partial charge is 0.314 e. The van der Waals surface area contributed by atoms with Crippen molar-refractivity contribution in [2.24, 2.45) is 0 Å². The highest BCUT2D eigenvalue weighted by Gasteiger charge is 2.10. The Labute approximate surface area is 62.0 Å². The van der Waals surface area contributed by atoms with Crippen LogP contribution < -0.4 is 5.32 Å². The number of halogens is 1. The van der Waals surface area contributed by atoms with Gasteiger partial charge in [-0.2, -0.15) is 0 Å². The Bertz CT molecular complexity index is 79.3. The minimum Gasteiger partial charge on any atom is -0.314 e. The lowest BCUT2D eigenvalue weighted by Crippen LogP contribution is -2.33. The Kier molecular flexibility index (Phi) is 3.73. The van der Waals surface area contributed by atoms with Crippen LogP contribution >= 0.6 is 0 Å². The number of rotatable bonds is 3. The van der Waals surface area contributed by atoms with Crippen LogP contribution in [0.25, 0.3) is 0 Å². The van der Waals surface area contributed by atoms with E-state index in [1.54, 1.807) is 0 Å². The van der Waals surface area contributed by atoms with Crippen LogP contribution in [0.4, 0.5) is 4.39 Å². The van der Waals surface area contributed by atoms with Crippen molar-refractivity contribution in [3.05, 3.63) is 0 Å². The van der Waals surface area contributed by atoms with Crippen molar-refractivity contribution in [3.63, 3.8) is 0 Å². The SMILES string of the molecule is FCCC[C@@H]1CCCCN1. The molecule has 0 spiro atoms. The van der Waals surface area contributed by atoms with E-state index in [9.17, 15) is 4.39 Å². The van der Waals surface area contributed by atoms with E-state index >= 15 is 0 Å². The average molecular weight is 145 g/mol. The molecule has 0 amide bonds. The number of hydrogen-bond donors (Lipinski definition) is 1. The maximum Gasteiger partial charge on any atom is 0.0895 e. The molecule has 1 aliphatic rings. The lowest BCUT2D eigenvalue weighted by molar-refractivity contribution is 0.353. The van der Waals surface area contributed by atoms with Crippen molar-refractivity contribution in [3.8, 4) is 0 Å². The summed E-state index contributed by atoms with van der Waals surface area (Å²) in [4.78, 5) is 0. The third-order valence-corrected chi connectivity index (χ3v) is 2.10. The maximum absolute atomic E-state index is 11.7. The van der Waals surface area contributed by atoms with Gasteiger partial charge in [0.25, 0.3) is 0 Å². The van der Waals surface area contributed by atoms with Crippen molar-refractivity contribution in [1.82, 2.24) is 5.32 Å². The highest BCUT2D eigenvalue weighted by molar-refractivity contribution is 4.71. The molecule has 1 rings (SSSR count). The zero-order chi connectivity index (χ0) is 7.23. The van der Waals surface area contributed by atoms with Crippen LogP contribution in [0, 0.1) is 0 Å². The Morgan fingerprint density at radius 2 is 2.30 bits per heavy atom. The molecule has 1 saturated heterocycles. The van der Waals surface area contributed by atoms with Crippen LogP contribution in [0.1, 0.15) is 32.1 Å². The lowest BCUT2D eigenvalue weighted by Gasteiger charge is -2.22. The number of nitrogens with one attached hydrogen (secondary N) is 1. The van der Waals surface area contributed by atoms with Gasteiger partial charge in [0.15, 0.2) is 0 Å². The fourth-order valence-corrected chi connectivity index (χ4v) is 1.49. The summed E-state index contributed by atoms with van der Waals surface area (Å²) in [6, 6.07) is 0.615. The topological polar surface area (TPSA) is 12.0 Å². The van der Waals surface area contributed by atoms with E-state index < -0.39 is 0 Å². The van der Waals surface area contributed by atoms with E-state index in [2.05, 4.69) is 5.32 Å². The van der Waals surface area contributed by atoms with E-state index in [4.69, 9.17) is 0 Å². The molecular formula is C8H16FN. The number of piperidine rings is 1. The molecule has 1 fully saturated rings. The summed E-state index contributed by atoms with van der Waals surface area (Å²) in [5, 5.41) is 3.39. The van der Waals surface area contributed by atoms with Gasteiger partial charge in [-0.3, -0.25) is 4.39 Å². The molecule has 10 heavy (non-hydrogen) atoms. The Balaban J connectivity index is 2.02. The van der Waals surface area contributed by atoms with Gasteiger partial charge in [0, 0.05) is 6.04 Å². The molecule has 0 aliphatic carbocycles. The molecule has 1 heterocycles. The fourth-order valence-electron chi connectivity index (χ4n) is 1.49. The van der Waals surface area contributed by atoms with Crippen molar-refractivity contribution in [2.45, 2.75) is 38.1 Å². The highest BCUT2D eigenvalue weighted by atomic mass is 19.1. The lowest BCUT2D eigenvalue weighted by atomic mass is 10.0. The first-order valence-electron chi connectivity index (χ1n) is 4.23. The van der Waals surface area contributed by atoms with Gasteiger partial charge in [-0.05, 0) is 32.2 Å². The first-order valence-corrected chi connectivity index (χ1v) is 4.23. The highest BCUT2D eigenvalue weighted by Crippen LogP contribution is 2.11. The van der Waals surface area contributed by atoms with Crippen LogP contribution in [-0.2, 0) is 0 Å². The summed E-state index contributed by atoms with van der Waals surface area (Å²) >= 11 is 0. The van der Waals surface area contributed by atoms with Crippen LogP contribution in [0.3, 0.4) is 0 Å². The van der Waals surface area contributed by atoms with Crippen LogP contribution in [-0.4, -0.2) is 19.3 Å². The molecule has 0 unspecified atom stereocenters. The minimum absolute atomic E-state index is 0.155. The predicted octanol–water partition coefficient (Wildman–Crippen LogP) is 1.88. The molecule has 1 atom stereocenters. The molecule has 0 aromatic heterocycles. The molecule has 0 radical (unpaired) electrons. The third kappa shape index (κ3) is 2.65. The molecular weight excluding hydrogens is 129 g/mol. The van der Waals surface area contributed by atoms with E-state index in [0.29, 0.717) is 6.04 Å². The van der Waals surface area contributed by atoms with Gasteiger partial charge >= 0.3 is 0 Å². The zero-order valence-corrected chi connectivity index (χ0v) is 6.41. The van der Waals surface area contributed by atoms with Gasteiger partial charge < -0.3 is 5.32 Å². The second-order valence-corrected chi connectivity index (χ2v) is 2.98. The Hall–Kier alpha value is -0.110. The molecule has 1 N–H and O–H groups in total. The van der Waals surface area contributed by atoms with Gasteiger partial charge in [-0.1, -0.05) is 6.42 Å². The number of alkyl halides is 1. The van der Waals surface area contributed by atoms with Gasteiger partial charge in [0.2, 0.25) is 0 Å². The quantitative estimate of drug-likeness (QED) is 0.639. The second-order valence-electron chi connectivity index (χ2n) is 2.98. The standard InChI is InChI=1S/C8H16FN/c9-6-3-5-8-4-1-2-7-10-8/h8,10H,1-7H2/t8-/m0/s1. The zero-order valence-electron chi connectivity index (χ0n) is 6.41. The van der Waals surface area contributed by atoms with Gasteiger partial charge in [0.05, 0.1) is 6.67 Å². The molecule has 2 heteroatoms. The van der Waals surface area contributed by atoms with Crippen molar-refractivity contribution in [2.75, 3.05) is 13.2 Å². The smallest absolute Gasteiger partial charge is 0.0895 e. The van der Waals surface area contributed by atoms with E-state index in [1.807, 2.05) is 0 Å². The molecule has 0 aromatic rings. The summed E-state index contributed by atoms with van der Waals surface area (Å²) < 4.78 is 11.7. The first kappa shape index (κ1) is 7.99. The molecule has 60 valence electrons. The molecule has 1 nitrogen and oxygen atoms in total. The van der Waals surface area contributed by atoms with E-state index in [-0.39, 0.29) is 6.67 Å². The Morgan fingerprint density at radius 3 is 2.90 bits per heavy atom. The minimum atomic E-state index is -0.155. The van der Waals surface area contributed by atoms with Gasteiger partial charge in [-0.25, -0.2) is 0 Å². The number of hydrogen-bond acceptors (Lipinski definition) is 1. The monoisotopic (exact) mass is 145 g/mol. The van der Waals surface area contributed by atoms with Crippen LogP contribution in [0.15, 0.2) is 0 Å². The van der Waals surface area contributed by atoms with Crippen LogP contribution in [0.2, 0.25) is 0 Å². The third-order valence-electron chi connectivity index (χ3n) is 2.10. The average Bonchev–Trinajstić information content (AvgIpc) is 2.03. The molecule has 0 bridgehead atoms. The summed E-state index contributed by atoms with van der Waals surface area (Å²) in [6.07, 6.45) is 5.63. The van der Waals surface area contributed by atoms with Gasteiger partial charge in [0.1, 0.15) is 0 Å². The van der Waals surface area contributed by atoms with E-state index in [1.165, 1.54) is 19.3 Å². The van der Waals surface area contributed by atoms with E-state index in [0.717, 1.165) is 19.4 Å². The summed E-state index contributed by atoms with van der Waals surface area (Å²) in [5.74, 6) is 0. The first-order chi connectivity index (χ1) is 4.93. The van der Waals surface area contributed by atoms with Crippen molar-refractivity contribution in [1.29, 1.82) is 0 Å². The maximum atomic E-state index is 11.7.